The summed E-state index contributed by atoms with van der Waals surface area (Å²) in [5.41, 5.74) is 6.88. The predicted octanol–water partition coefficient (Wildman–Crippen LogP) is 5.97. The number of carbonyl (C=O) groups is 1. The van der Waals surface area contributed by atoms with Gasteiger partial charge in [0.25, 0.3) is 5.91 Å². The molecule has 10 heteroatoms. The van der Waals surface area contributed by atoms with Crippen LogP contribution < -0.4 is 14.9 Å². The van der Waals surface area contributed by atoms with E-state index < -0.39 is 0 Å². The molecule has 0 unspecified atom stereocenters. The summed E-state index contributed by atoms with van der Waals surface area (Å²) < 4.78 is 13.0. The number of methoxy groups -OCH3 is 1. The third-order valence-corrected chi connectivity index (χ3v) is 8.29. The highest BCUT2D eigenvalue weighted by Gasteiger charge is 2.09. The molecule has 4 rings (SSSR count). The number of nitrogens with zero attached hydrogens (tertiary/aromatic N) is 3. The number of nitrogens with one attached hydrogen (secondary N) is 1. The highest BCUT2D eigenvalue weighted by Crippen LogP contribution is 2.31. The SMILES string of the molecule is COc1cc(C=NNC(=O)CSc2nnc(SCc3ccc(C)cc3)s2)ccc1OCc1ccccc1. The largest absolute Gasteiger partial charge is 0.493 e. The van der Waals surface area contributed by atoms with Gasteiger partial charge in [-0.15, -0.1) is 10.2 Å². The number of hydrogen-bond acceptors (Lipinski definition) is 9. The topological polar surface area (TPSA) is 85.7 Å². The van der Waals surface area contributed by atoms with Gasteiger partial charge in [0.1, 0.15) is 6.61 Å². The van der Waals surface area contributed by atoms with Gasteiger partial charge in [-0.05, 0) is 41.8 Å². The highest BCUT2D eigenvalue weighted by atomic mass is 32.2. The van der Waals surface area contributed by atoms with Gasteiger partial charge in [-0.25, -0.2) is 5.43 Å². The first-order chi connectivity index (χ1) is 18.1. The molecule has 190 valence electrons. The van der Waals surface area contributed by atoms with Crippen molar-refractivity contribution in [2.45, 2.75) is 28.0 Å². The first-order valence-electron chi connectivity index (χ1n) is 11.4. The number of hydrogen-bond donors (Lipinski definition) is 1. The fourth-order valence-corrected chi connectivity index (χ4v) is 5.87. The molecule has 1 N–H and O–H groups in total. The molecule has 0 saturated heterocycles. The fourth-order valence-electron chi connectivity index (χ4n) is 3.10. The van der Waals surface area contributed by atoms with Gasteiger partial charge in [0, 0.05) is 5.75 Å². The Hall–Kier alpha value is -3.34. The molecular weight excluding hydrogens is 525 g/mol. The van der Waals surface area contributed by atoms with Crippen LogP contribution in [-0.4, -0.2) is 35.2 Å². The smallest absolute Gasteiger partial charge is 0.250 e. The van der Waals surface area contributed by atoms with E-state index in [2.05, 4.69) is 51.9 Å². The van der Waals surface area contributed by atoms with Crippen molar-refractivity contribution in [2.24, 2.45) is 5.10 Å². The second kappa shape index (κ2) is 13.8. The van der Waals surface area contributed by atoms with Gasteiger partial charge in [0.2, 0.25) is 0 Å². The quantitative estimate of drug-likeness (QED) is 0.132. The number of rotatable bonds is 12. The molecule has 0 bridgehead atoms. The highest BCUT2D eigenvalue weighted by molar-refractivity contribution is 8.03. The van der Waals surface area contributed by atoms with E-state index >= 15 is 0 Å². The van der Waals surface area contributed by atoms with Crippen molar-refractivity contribution < 1.29 is 14.3 Å². The van der Waals surface area contributed by atoms with E-state index in [-0.39, 0.29) is 11.7 Å². The van der Waals surface area contributed by atoms with Gasteiger partial charge in [-0.3, -0.25) is 4.79 Å². The Morgan fingerprint density at radius 3 is 2.49 bits per heavy atom. The number of thioether (sulfide) groups is 2. The molecular formula is C27H26N4O3S3. The van der Waals surface area contributed by atoms with Crippen LogP contribution in [-0.2, 0) is 17.2 Å². The van der Waals surface area contributed by atoms with Crippen molar-refractivity contribution in [1.29, 1.82) is 0 Å². The zero-order chi connectivity index (χ0) is 25.9. The van der Waals surface area contributed by atoms with E-state index in [0.29, 0.717) is 18.1 Å². The summed E-state index contributed by atoms with van der Waals surface area (Å²) in [7, 11) is 1.59. The second-order valence-electron chi connectivity index (χ2n) is 7.87. The summed E-state index contributed by atoms with van der Waals surface area (Å²) in [5, 5.41) is 12.4. The van der Waals surface area contributed by atoms with E-state index in [1.54, 1.807) is 25.1 Å². The van der Waals surface area contributed by atoms with E-state index in [9.17, 15) is 4.79 Å². The minimum atomic E-state index is -0.222. The average molecular weight is 551 g/mol. The van der Waals surface area contributed by atoms with E-state index in [0.717, 1.165) is 25.6 Å². The summed E-state index contributed by atoms with van der Waals surface area (Å²) in [5.74, 6) is 2.04. The molecule has 3 aromatic carbocycles. The zero-order valence-corrected chi connectivity index (χ0v) is 22.9. The van der Waals surface area contributed by atoms with Crippen LogP contribution in [0.3, 0.4) is 0 Å². The lowest BCUT2D eigenvalue weighted by Gasteiger charge is -2.11. The predicted molar refractivity (Wildman–Crippen MR) is 151 cm³/mol. The van der Waals surface area contributed by atoms with Crippen molar-refractivity contribution in [2.75, 3.05) is 12.9 Å². The van der Waals surface area contributed by atoms with Crippen LogP contribution >= 0.6 is 34.9 Å². The molecule has 0 spiro atoms. The molecule has 0 aliphatic carbocycles. The lowest BCUT2D eigenvalue weighted by atomic mass is 10.2. The van der Waals surface area contributed by atoms with Crippen LogP contribution in [0.2, 0.25) is 0 Å². The van der Waals surface area contributed by atoms with Gasteiger partial charge < -0.3 is 9.47 Å². The number of aryl methyl sites for hydroxylation is 1. The van der Waals surface area contributed by atoms with E-state index in [1.165, 1.54) is 34.2 Å². The van der Waals surface area contributed by atoms with Crippen LogP contribution in [0.25, 0.3) is 0 Å². The number of hydrazone groups is 1. The van der Waals surface area contributed by atoms with E-state index in [4.69, 9.17) is 9.47 Å². The molecule has 4 aromatic rings. The standard InChI is InChI=1S/C27H26N4O3S3/c1-19-8-10-21(11-9-19)17-35-26-30-31-27(37-26)36-18-25(32)29-28-15-22-12-13-23(24(14-22)33-2)34-16-20-6-4-3-5-7-20/h3-15H,16-18H2,1-2H3,(H,29,32). The van der Waals surface area contributed by atoms with Crippen LogP contribution in [0.5, 0.6) is 11.5 Å². The van der Waals surface area contributed by atoms with E-state index in [1.807, 2.05) is 48.5 Å². The maximum Gasteiger partial charge on any atom is 0.250 e. The molecule has 7 nitrogen and oxygen atoms in total. The minimum Gasteiger partial charge on any atom is -0.493 e. The van der Waals surface area contributed by atoms with Crippen molar-refractivity contribution in [3.8, 4) is 11.5 Å². The molecule has 37 heavy (non-hydrogen) atoms. The van der Waals surface area contributed by atoms with Crippen molar-refractivity contribution in [3.05, 3.63) is 95.1 Å². The number of aromatic nitrogens is 2. The van der Waals surface area contributed by atoms with Gasteiger partial charge in [-0.1, -0.05) is 95.0 Å². The molecule has 0 atom stereocenters. The molecule has 1 aromatic heterocycles. The molecule has 0 aliphatic rings. The van der Waals surface area contributed by atoms with Crippen molar-refractivity contribution in [3.63, 3.8) is 0 Å². The lowest BCUT2D eigenvalue weighted by molar-refractivity contribution is -0.118. The summed E-state index contributed by atoms with van der Waals surface area (Å²) in [4.78, 5) is 12.2. The molecule has 1 heterocycles. The summed E-state index contributed by atoms with van der Waals surface area (Å²) in [6.45, 7) is 2.52. The Kier molecular flexibility index (Phi) is 9.98. The third kappa shape index (κ3) is 8.63. The Morgan fingerprint density at radius 1 is 0.973 bits per heavy atom. The molecule has 0 saturated carbocycles. The molecule has 0 radical (unpaired) electrons. The van der Waals surface area contributed by atoms with Crippen molar-refractivity contribution >= 4 is 47.0 Å². The molecule has 0 fully saturated rings. The Balaban J connectivity index is 1.21. The second-order valence-corrected chi connectivity index (χ2v) is 11.3. The van der Waals surface area contributed by atoms with Crippen LogP contribution in [0.1, 0.15) is 22.3 Å². The van der Waals surface area contributed by atoms with Gasteiger partial charge in [0.15, 0.2) is 20.2 Å². The first kappa shape index (κ1) is 26.7. The monoisotopic (exact) mass is 550 g/mol. The van der Waals surface area contributed by atoms with Gasteiger partial charge in [0.05, 0.1) is 19.1 Å². The molecule has 1 amide bonds. The average Bonchev–Trinajstić information content (AvgIpc) is 3.39. The van der Waals surface area contributed by atoms with Gasteiger partial charge >= 0.3 is 0 Å². The third-order valence-electron chi connectivity index (χ3n) is 5.03. The zero-order valence-electron chi connectivity index (χ0n) is 20.4. The number of benzene rings is 3. The Bertz CT molecular complexity index is 1330. The number of amides is 1. The maximum absolute atomic E-state index is 12.2. The van der Waals surface area contributed by atoms with Crippen molar-refractivity contribution in [1.82, 2.24) is 15.6 Å². The maximum atomic E-state index is 12.2. The van der Waals surface area contributed by atoms with Crippen LogP contribution in [0.4, 0.5) is 0 Å². The summed E-state index contributed by atoms with van der Waals surface area (Å²) >= 11 is 4.47. The minimum absolute atomic E-state index is 0.199. The van der Waals surface area contributed by atoms with Crippen LogP contribution in [0.15, 0.2) is 86.6 Å². The number of ether oxygens (including phenoxy) is 2. The summed E-state index contributed by atoms with van der Waals surface area (Å²) in [6.07, 6.45) is 1.57. The van der Waals surface area contributed by atoms with Crippen LogP contribution in [0, 0.1) is 6.92 Å². The van der Waals surface area contributed by atoms with Gasteiger partial charge in [-0.2, -0.15) is 5.10 Å². The summed E-state index contributed by atoms with van der Waals surface area (Å²) in [6, 6.07) is 23.8. The fraction of sp³-hybridized carbons (Fsp3) is 0.185. The normalized spacial score (nSPS) is 11.0. The Labute approximate surface area is 228 Å². The Morgan fingerprint density at radius 2 is 1.73 bits per heavy atom. The first-order valence-corrected chi connectivity index (χ1v) is 14.2. The lowest BCUT2D eigenvalue weighted by Crippen LogP contribution is -2.19. The molecule has 0 aliphatic heterocycles. The number of carbonyl (C=O) groups excluding carboxylic acids is 1.